The molecule has 1 aromatic carbocycles. The Morgan fingerprint density at radius 1 is 1.08 bits per heavy atom. The van der Waals surface area contributed by atoms with Gasteiger partial charge >= 0.3 is 0 Å². The molecule has 3 aliphatic heterocycles. The lowest BCUT2D eigenvalue weighted by atomic mass is 9.73. The number of carbonyl (C=O) groups excluding carboxylic acids is 1. The van der Waals surface area contributed by atoms with E-state index < -0.39 is 5.41 Å². The number of fused-ring (bicyclic) bond motifs is 3. The van der Waals surface area contributed by atoms with E-state index in [4.69, 9.17) is 14.5 Å². The number of anilines is 2. The van der Waals surface area contributed by atoms with E-state index in [1.54, 1.807) is 4.90 Å². The van der Waals surface area contributed by atoms with Crippen molar-refractivity contribution in [2.75, 3.05) is 69.4 Å². The summed E-state index contributed by atoms with van der Waals surface area (Å²) < 4.78 is 11.6. The van der Waals surface area contributed by atoms with Crippen molar-refractivity contribution in [3.63, 3.8) is 0 Å². The standard InChI is InChI=1S/C28H37N5O4/c1-31-24-8-7-20(37-16-4-11-32-14-17-36-18-15-32)19-22(24)28(26(31)35)9-12-33(13-10-28)27-29-23-6-3-2-5-21(23)25(34)30-27/h7-8,19H,2-6,9-18H2,1H3,(H,29,30,34). The number of amides is 1. The van der Waals surface area contributed by atoms with Crippen molar-refractivity contribution < 1.29 is 14.3 Å². The van der Waals surface area contributed by atoms with Gasteiger partial charge in [-0.1, -0.05) is 0 Å². The molecule has 198 valence electrons. The first kappa shape index (κ1) is 24.4. The van der Waals surface area contributed by atoms with Crippen molar-refractivity contribution in [1.29, 1.82) is 0 Å². The summed E-state index contributed by atoms with van der Waals surface area (Å²) in [6, 6.07) is 6.08. The maximum Gasteiger partial charge on any atom is 0.255 e. The normalized spacial score (nSPS) is 21.3. The number of nitrogens with zero attached hydrogens (tertiary/aromatic N) is 4. The summed E-state index contributed by atoms with van der Waals surface area (Å²) in [6.45, 7) is 6.60. The molecule has 4 heterocycles. The highest BCUT2D eigenvalue weighted by Crippen LogP contribution is 2.48. The highest BCUT2D eigenvalue weighted by molar-refractivity contribution is 6.08. The lowest BCUT2D eigenvalue weighted by Crippen LogP contribution is -2.49. The summed E-state index contributed by atoms with van der Waals surface area (Å²) in [6.07, 6.45) is 6.16. The molecule has 0 radical (unpaired) electrons. The summed E-state index contributed by atoms with van der Waals surface area (Å²) in [4.78, 5) is 40.4. The van der Waals surface area contributed by atoms with Crippen LogP contribution in [-0.2, 0) is 27.8 Å². The van der Waals surface area contributed by atoms with Crippen LogP contribution in [0.5, 0.6) is 5.75 Å². The quantitative estimate of drug-likeness (QED) is 0.600. The van der Waals surface area contributed by atoms with Gasteiger partial charge in [0.15, 0.2) is 0 Å². The molecule has 2 aromatic rings. The SMILES string of the molecule is CN1C(=O)C2(CCN(c3nc4c(c(=O)[nH]3)CCCC4)CC2)c2cc(OCCCN3CCOCC3)ccc21. The Kier molecular flexibility index (Phi) is 6.67. The van der Waals surface area contributed by atoms with Crippen LogP contribution in [0.2, 0.25) is 0 Å². The van der Waals surface area contributed by atoms with E-state index in [1.807, 2.05) is 19.2 Å². The number of piperidine rings is 1. The Balaban J connectivity index is 1.15. The summed E-state index contributed by atoms with van der Waals surface area (Å²) in [7, 11) is 1.87. The van der Waals surface area contributed by atoms with Crippen LogP contribution in [0.4, 0.5) is 11.6 Å². The number of hydrogen-bond acceptors (Lipinski definition) is 7. The molecule has 1 N–H and O–H groups in total. The van der Waals surface area contributed by atoms with Crippen LogP contribution < -0.4 is 20.1 Å². The summed E-state index contributed by atoms with van der Waals surface area (Å²) >= 11 is 0. The van der Waals surface area contributed by atoms with E-state index in [0.717, 1.165) is 93.2 Å². The molecule has 9 nitrogen and oxygen atoms in total. The molecule has 6 rings (SSSR count). The molecule has 0 unspecified atom stereocenters. The fraction of sp³-hybridized carbons (Fsp3) is 0.607. The van der Waals surface area contributed by atoms with Gasteiger partial charge in [0.25, 0.3) is 5.56 Å². The average molecular weight is 508 g/mol. The van der Waals surface area contributed by atoms with Gasteiger partial charge in [-0.2, -0.15) is 0 Å². The van der Waals surface area contributed by atoms with E-state index in [0.29, 0.717) is 38.5 Å². The molecular weight excluding hydrogens is 470 g/mol. The molecule has 4 aliphatic rings. The molecule has 1 aromatic heterocycles. The fourth-order valence-corrected chi connectivity index (χ4v) is 6.45. The van der Waals surface area contributed by atoms with Crippen molar-refractivity contribution in [1.82, 2.24) is 14.9 Å². The third-order valence-corrected chi connectivity index (χ3v) is 8.65. The molecular formula is C28H37N5O4. The molecule has 9 heteroatoms. The number of morpholine rings is 1. The molecule has 2 fully saturated rings. The van der Waals surface area contributed by atoms with Gasteiger partial charge in [0.2, 0.25) is 11.9 Å². The topological polar surface area (TPSA) is 91.0 Å². The molecule has 0 bridgehead atoms. The predicted octanol–water partition coefficient (Wildman–Crippen LogP) is 2.26. The highest BCUT2D eigenvalue weighted by Gasteiger charge is 2.51. The maximum atomic E-state index is 13.6. The maximum absolute atomic E-state index is 13.6. The van der Waals surface area contributed by atoms with Crippen molar-refractivity contribution in [2.24, 2.45) is 0 Å². The number of H-pyrrole nitrogens is 1. The second-order valence-corrected chi connectivity index (χ2v) is 10.8. The van der Waals surface area contributed by atoms with E-state index in [-0.39, 0.29) is 11.5 Å². The Morgan fingerprint density at radius 2 is 1.86 bits per heavy atom. The number of ether oxygens (including phenoxy) is 2. The van der Waals surface area contributed by atoms with Crippen molar-refractivity contribution >= 4 is 17.5 Å². The Hall–Kier alpha value is -2.91. The minimum atomic E-state index is -0.553. The number of rotatable bonds is 6. The van der Waals surface area contributed by atoms with Crippen LogP contribution >= 0.6 is 0 Å². The molecule has 1 spiro atoms. The number of aromatic nitrogens is 2. The van der Waals surface area contributed by atoms with Crippen molar-refractivity contribution in [3.05, 3.63) is 45.4 Å². The van der Waals surface area contributed by atoms with Gasteiger partial charge in [0.05, 0.1) is 30.9 Å². The molecule has 37 heavy (non-hydrogen) atoms. The molecule has 1 aliphatic carbocycles. The average Bonchev–Trinajstić information content (AvgIpc) is 3.13. The van der Waals surface area contributed by atoms with Crippen LogP contribution in [0.1, 0.15) is 48.9 Å². The van der Waals surface area contributed by atoms with Gasteiger partial charge in [-0.25, -0.2) is 4.98 Å². The minimum absolute atomic E-state index is 0.00239. The Labute approximate surface area is 217 Å². The minimum Gasteiger partial charge on any atom is -0.494 e. The van der Waals surface area contributed by atoms with Crippen LogP contribution in [0.3, 0.4) is 0 Å². The number of aryl methyl sites for hydroxylation is 1. The van der Waals surface area contributed by atoms with E-state index in [1.165, 1.54) is 0 Å². The van der Waals surface area contributed by atoms with Gasteiger partial charge in [-0.3, -0.25) is 19.5 Å². The first-order valence-electron chi connectivity index (χ1n) is 13.8. The molecule has 0 saturated carbocycles. The number of benzene rings is 1. The van der Waals surface area contributed by atoms with E-state index >= 15 is 0 Å². The lowest BCUT2D eigenvalue weighted by molar-refractivity contribution is -0.123. The fourth-order valence-electron chi connectivity index (χ4n) is 6.45. The van der Waals surface area contributed by atoms with Gasteiger partial charge < -0.3 is 19.3 Å². The number of likely N-dealkylation sites (N-methyl/N-ethyl adjacent to an activating group) is 1. The van der Waals surface area contributed by atoms with Crippen LogP contribution in [0.15, 0.2) is 23.0 Å². The number of carbonyl (C=O) groups is 1. The van der Waals surface area contributed by atoms with E-state index in [9.17, 15) is 9.59 Å². The monoisotopic (exact) mass is 507 g/mol. The van der Waals surface area contributed by atoms with Gasteiger partial charge in [0, 0.05) is 51.0 Å². The molecule has 1 amide bonds. The van der Waals surface area contributed by atoms with E-state index in [2.05, 4.69) is 20.9 Å². The van der Waals surface area contributed by atoms with Crippen LogP contribution in [0, 0.1) is 0 Å². The number of nitrogens with one attached hydrogen (secondary N) is 1. The van der Waals surface area contributed by atoms with Crippen molar-refractivity contribution in [2.45, 2.75) is 50.4 Å². The zero-order valence-corrected chi connectivity index (χ0v) is 21.8. The Morgan fingerprint density at radius 3 is 2.68 bits per heavy atom. The Bertz CT molecular complexity index is 1210. The van der Waals surface area contributed by atoms with Gasteiger partial charge in [-0.15, -0.1) is 0 Å². The zero-order valence-electron chi connectivity index (χ0n) is 21.8. The first-order valence-corrected chi connectivity index (χ1v) is 13.8. The smallest absolute Gasteiger partial charge is 0.255 e. The van der Waals surface area contributed by atoms with Crippen molar-refractivity contribution in [3.8, 4) is 5.75 Å². The number of hydrogen-bond donors (Lipinski definition) is 1. The lowest BCUT2D eigenvalue weighted by Gasteiger charge is -2.38. The molecule has 2 saturated heterocycles. The van der Waals surface area contributed by atoms with Crippen LogP contribution in [0.25, 0.3) is 0 Å². The summed E-state index contributed by atoms with van der Waals surface area (Å²) in [5, 5.41) is 0. The molecule has 0 atom stereocenters. The van der Waals surface area contributed by atoms with Gasteiger partial charge in [0.1, 0.15) is 5.75 Å². The zero-order chi connectivity index (χ0) is 25.4. The summed E-state index contributed by atoms with van der Waals surface area (Å²) in [5.41, 5.74) is 3.28. The second kappa shape index (κ2) is 10.1. The third kappa shape index (κ3) is 4.52. The van der Waals surface area contributed by atoms with Gasteiger partial charge in [-0.05, 0) is 68.7 Å². The largest absolute Gasteiger partial charge is 0.494 e. The second-order valence-electron chi connectivity index (χ2n) is 10.8. The highest BCUT2D eigenvalue weighted by atomic mass is 16.5. The van der Waals surface area contributed by atoms with Crippen LogP contribution in [-0.4, -0.2) is 80.4 Å². The predicted molar refractivity (Wildman–Crippen MR) is 142 cm³/mol. The summed E-state index contributed by atoms with van der Waals surface area (Å²) in [5.74, 6) is 1.63. The first-order chi connectivity index (χ1) is 18.0. The number of aromatic amines is 1. The third-order valence-electron chi connectivity index (χ3n) is 8.65.